The molecule has 28 heavy (non-hydrogen) atoms. The average Bonchev–Trinajstić information content (AvgIpc) is 3.10. The molecule has 1 heterocycles. The van der Waals surface area contributed by atoms with Crippen LogP contribution in [0.2, 0.25) is 15.1 Å². The van der Waals surface area contributed by atoms with E-state index in [0.29, 0.717) is 21.9 Å². The Morgan fingerprint density at radius 1 is 1.07 bits per heavy atom. The summed E-state index contributed by atoms with van der Waals surface area (Å²) in [6.45, 7) is 0. The van der Waals surface area contributed by atoms with Crippen molar-refractivity contribution in [3.05, 3.63) is 85.0 Å². The van der Waals surface area contributed by atoms with E-state index in [9.17, 15) is 14.9 Å². The lowest BCUT2D eigenvalue weighted by Crippen LogP contribution is -2.17. The molecule has 3 rings (SSSR count). The molecule has 1 N–H and O–H groups in total. The molecule has 7 nitrogen and oxygen atoms in total. The molecule has 10 heteroatoms. The maximum Gasteiger partial charge on any atom is 0.288 e. The summed E-state index contributed by atoms with van der Waals surface area (Å²) in [5.41, 5.74) is 2.76. The van der Waals surface area contributed by atoms with Crippen molar-refractivity contribution >= 4 is 52.6 Å². The summed E-state index contributed by atoms with van der Waals surface area (Å²) in [4.78, 5) is 22.4. The van der Waals surface area contributed by atoms with Crippen LogP contribution in [0.1, 0.15) is 16.1 Å². The second-order valence-corrected chi connectivity index (χ2v) is 6.70. The molecule has 0 fully saturated rings. The van der Waals surface area contributed by atoms with Crippen LogP contribution >= 0.6 is 34.8 Å². The quantitative estimate of drug-likeness (QED) is 0.319. The third kappa shape index (κ3) is 4.51. The molecule has 0 radical (unpaired) electrons. The van der Waals surface area contributed by atoms with Crippen molar-refractivity contribution < 1.29 is 14.1 Å². The van der Waals surface area contributed by atoms with Gasteiger partial charge >= 0.3 is 0 Å². The first-order valence-corrected chi connectivity index (χ1v) is 8.81. The molecule has 142 valence electrons. The second-order valence-electron chi connectivity index (χ2n) is 5.45. The summed E-state index contributed by atoms with van der Waals surface area (Å²) < 4.78 is 5.56. The first-order chi connectivity index (χ1) is 13.3. The monoisotopic (exact) mass is 437 g/mol. The highest BCUT2D eigenvalue weighted by Crippen LogP contribution is 2.37. The number of hydrogen-bond donors (Lipinski definition) is 1. The molecular formula is C18H10Cl3N3O4. The van der Waals surface area contributed by atoms with E-state index >= 15 is 0 Å². The Morgan fingerprint density at radius 2 is 1.79 bits per heavy atom. The van der Waals surface area contributed by atoms with Crippen molar-refractivity contribution in [3.63, 3.8) is 0 Å². The number of furan rings is 1. The largest absolute Gasteiger partial charge is 0.455 e. The number of benzene rings is 2. The standard InChI is InChI=1S/C18H10Cl3N3O4/c19-11-3-1-10(2-4-11)18(25)23-22-9-12-5-6-17(28-12)13-7-16(24(26)27)15(21)8-14(13)20/h1-9H,(H,23,25)/b22-9-. The number of carbonyl (C=O) groups excluding carboxylic acids is 1. The van der Waals surface area contributed by atoms with Gasteiger partial charge in [-0.05, 0) is 42.5 Å². The molecule has 0 aliphatic heterocycles. The zero-order chi connectivity index (χ0) is 20.3. The van der Waals surface area contributed by atoms with Crippen molar-refractivity contribution in [3.8, 4) is 11.3 Å². The van der Waals surface area contributed by atoms with E-state index in [0.717, 1.165) is 0 Å². The minimum Gasteiger partial charge on any atom is -0.455 e. The summed E-state index contributed by atoms with van der Waals surface area (Å²) >= 11 is 17.7. The molecule has 1 amide bonds. The lowest BCUT2D eigenvalue weighted by molar-refractivity contribution is -0.384. The Morgan fingerprint density at radius 3 is 2.46 bits per heavy atom. The van der Waals surface area contributed by atoms with Crippen LogP contribution in [-0.2, 0) is 0 Å². The van der Waals surface area contributed by atoms with Crippen molar-refractivity contribution in [1.82, 2.24) is 5.43 Å². The fourth-order valence-electron chi connectivity index (χ4n) is 2.25. The minimum absolute atomic E-state index is 0.0722. The Kier molecular flexibility index (Phi) is 5.99. The third-order valence-electron chi connectivity index (χ3n) is 3.59. The van der Waals surface area contributed by atoms with Crippen LogP contribution in [0.3, 0.4) is 0 Å². The summed E-state index contributed by atoms with van der Waals surface area (Å²) in [5.74, 6) is 0.173. The molecule has 0 spiro atoms. The van der Waals surface area contributed by atoms with Crippen molar-refractivity contribution in [2.75, 3.05) is 0 Å². The summed E-state index contributed by atoms with van der Waals surface area (Å²) in [6.07, 6.45) is 1.29. The van der Waals surface area contributed by atoms with E-state index in [1.165, 1.54) is 18.3 Å². The van der Waals surface area contributed by atoms with E-state index in [1.807, 2.05) is 0 Å². The third-order valence-corrected chi connectivity index (χ3v) is 4.46. The maximum absolute atomic E-state index is 12.0. The predicted octanol–water partition coefficient (Wildman–Crippen LogP) is 5.58. The summed E-state index contributed by atoms with van der Waals surface area (Å²) in [7, 11) is 0. The van der Waals surface area contributed by atoms with Crippen LogP contribution in [0.15, 0.2) is 58.0 Å². The summed E-state index contributed by atoms with van der Waals surface area (Å²) in [5, 5.41) is 15.5. The van der Waals surface area contributed by atoms with Gasteiger partial charge in [0.05, 0.1) is 16.2 Å². The van der Waals surface area contributed by atoms with Gasteiger partial charge in [-0.1, -0.05) is 34.8 Å². The molecule has 3 aromatic rings. The average molecular weight is 439 g/mol. The number of halogens is 3. The molecule has 0 atom stereocenters. The highest BCUT2D eigenvalue weighted by molar-refractivity contribution is 6.37. The van der Waals surface area contributed by atoms with Crippen molar-refractivity contribution in [2.45, 2.75) is 0 Å². The number of nitrogens with zero attached hydrogens (tertiary/aromatic N) is 2. The molecule has 0 aliphatic rings. The van der Waals surface area contributed by atoms with Gasteiger partial charge in [-0.3, -0.25) is 14.9 Å². The SMILES string of the molecule is O=C(N/N=C\c1ccc(-c2cc([N+](=O)[O-])c(Cl)cc2Cl)o1)c1ccc(Cl)cc1. The number of nitro groups is 1. The molecule has 0 saturated heterocycles. The highest BCUT2D eigenvalue weighted by atomic mass is 35.5. The highest BCUT2D eigenvalue weighted by Gasteiger charge is 2.18. The van der Waals surface area contributed by atoms with E-state index in [4.69, 9.17) is 39.2 Å². The first-order valence-electron chi connectivity index (χ1n) is 7.68. The molecule has 0 saturated carbocycles. The van der Waals surface area contributed by atoms with E-state index in [1.54, 1.807) is 36.4 Å². The number of rotatable bonds is 5. The van der Waals surface area contributed by atoms with Crippen molar-refractivity contribution in [2.24, 2.45) is 5.10 Å². The van der Waals surface area contributed by atoms with Crippen LogP contribution in [0, 0.1) is 10.1 Å². The zero-order valence-corrected chi connectivity index (χ0v) is 16.1. The smallest absolute Gasteiger partial charge is 0.288 e. The van der Waals surface area contributed by atoms with Crippen LogP contribution in [-0.4, -0.2) is 17.0 Å². The van der Waals surface area contributed by atoms with Crippen LogP contribution in [0.25, 0.3) is 11.3 Å². The Labute approximate surface area is 173 Å². The number of nitro benzene ring substituents is 1. The normalized spacial score (nSPS) is 11.0. The number of hydrazone groups is 1. The van der Waals surface area contributed by atoms with Gasteiger partial charge in [0.25, 0.3) is 11.6 Å². The zero-order valence-electron chi connectivity index (χ0n) is 13.9. The Hall–Kier alpha value is -2.87. The molecular weight excluding hydrogens is 429 g/mol. The first kappa shape index (κ1) is 19.9. The van der Waals surface area contributed by atoms with Gasteiger partial charge in [0.15, 0.2) is 0 Å². The van der Waals surface area contributed by atoms with Gasteiger partial charge in [-0.2, -0.15) is 5.10 Å². The summed E-state index contributed by atoms with van der Waals surface area (Å²) in [6, 6.07) is 12.0. The van der Waals surface area contributed by atoms with Gasteiger partial charge in [0, 0.05) is 22.2 Å². The van der Waals surface area contributed by atoms with Crippen LogP contribution in [0.5, 0.6) is 0 Å². The molecule has 2 aromatic carbocycles. The minimum atomic E-state index is -0.611. The van der Waals surface area contributed by atoms with Crippen LogP contribution in [0.4, 0.5) is 5.69 Å². The number of hydrogen-bond acceptors (Lipinski definition) is 5. The lowest BCUT2D eigenvalue weighted by atomic mass is 10.1. The fourth-order valence-corrected chi connectivity index (χ4v) is 2.92. The number of amides is 1. The van der Waals surface area contributed by atoms with Gasteiger partial charge in [-0.25, -0.2) is 5.43 Å². The Balaban J connectivity index is 1.75. The second kappa shape index (κ2) is 8.43. The molecule has 0 bridgehead atoms. The topological polar surface area (TPSA) is 97.7 Å². The van der Waals surface area contributed by atoms with Gasteiger partial charge < -0.3 is 4.42 Å². The van der Waals surface area contributed by atoms with Crippen LogP contribution < -0.4 is 5.43 Å². The maximum atomic E-state index is 12.0. The van der Waals surface area contributed by atoms with Gasteiger partial charge in [-0.15, -0.1) is 0 Å². The lowest BCUT2D eigenvalue weighted by Gasteiger charge is -2.02. The predicted molar refractivity (Wildman–Crippen MR) is 107 cm³/mol. The molecule has 0 unspecified atom stereocenters. The van der Waals surface area contributed by atoms with E-state index in [-0.39, 0.29) is 21.5 Å². The van der Waals surface area contributed by atoms with Crippen molar-refractivity contribution in [1.29, 1.82) is 0 Å². The Bertz CT molecular complexity index is 1080. The fraction of sp³-hybridized carbons (Fsp3) is 0. The molecule has 1 aromatic heterocycles. The number of carbonyl (C=O) groups is 1. The van der Waals surface area contributed by atoms with E-state index in [2.05, 4.69) is 10.5 Å². The van der Waals surface area contributed by atoms with E-state index < -0.39 is 10.8 Å². The number of nitrogens with one attached hydrogen (secondary N) is 1. The molecule has 0 aliphatic carbocycles. The van der Waals surface area contributed by atoms with Gasteiger partial charge in [0.2, 0.25) is 0 Å². The van der Waals surface area contributed by atoms with Gasteiger partial charge in [0.1, 0.15) is 16.5 Å².